The van der Waals surface area contributed by atoms with Gasteiger partial charge in [0.1, 0.15) is 0 Å². The monoisotopic (exact) mass is 415 g/mol. The molecule has 0 aliphatic heterocycles. The van der Waals surface area contributed by atoms with E-state index in [0.717, 1.165) is 12.0 Å². The van der Waals surface area contributed by atoms with Crippen LogP contribution in [0, 0.1) is 0 Å². The van der Waals surface area contributed by atoms with Crippen molar-refractivity contribution in [2.24, 2.45) is 0 Å². The Labute approximate surface area is 177 Å². The van der Waals surface area contributed by atoms with Crippen LogP contribution in [-0.2, 0) is 9.53 Å². The molecule has 0 aliphatic carbocycles. The molecule has 1 N–H and O–H groups in total. The van der Waals surface area contributed by atoms with Gasteiger partial charge < -0.3 is 24.3 Å². The highest BCUT2D eigenvalue weighted by molar-refractivity contribution is 5.93. The molecule has 0 unspecified atom stereocenters. The maximum atomic E-state index is 12.6. The minimum atomic E-state index is -0.954. The molecule has 2 aromatic rings. The van der Waals surface area contributed by atoms with Crippen LogP contribution in [0.4, 0.5) is 0 Å². The van der Waals surface area contributed by atoms with Gasteiger partial charge in [0.15, 0.2) is 17.6 Å². The van der Waals surface area contributed by atoms with Crippen molar-refractivity contribution in [2.75, 3.05) is 27.9 Å². The average Bonchev–Trinajstić information content (AvgIpc) is 2.78. The number of amides is 1. The summed E-state index contributed by atoms with van der Waals surface area (Å²) in [5.41, 5.74) is 1.35. The van der Waals surface area contributed by atoms with Crippen LogP contribution in [0.25, 0.3) is 0 Å². The fourth-order valence-electron chi connectivity index (χ4n) is 3.07. The Morgan fingerprint density at radius 2 is 1.57 bits per heavy atom. The number of benzene rings is 2. The molecule has 0 saturated carbocycles. The van der Waals surface area contributed by atoms with E-state index in [4.69, 9.17) is 18.9 Å². The van der Waals surface area contributed by atoms with Gasteiger partial charge in [0.25, 0.3) is 5.91 Å². The topological polar surface area (TPSA) is 83.1 Å². The van der Waals surface area contributed by atoms with Crippen LogP contribution in [-0.4, -0.2) is 45.9 Å². The third kappa shape index (κ3) is 5.65. The summed E-state index contributed by atoms with van der Waals surface area (Å²) in [5.74, 6) is 0.198. The molecule has 162 valence electrons. The van der Waals surface area contributed by atoms with Crippen LogP contribution in [0.1, 0.15) is 42.1 Å². The van der Waals surface area contributed by atoms with E-state index in [1.54, 1.807) is 0 Å². The summed E-state index contributed by atoms with van der Waals surface area (Å²) in [6, 6.07) is 12.9. The van der Waals surface area contributed by atoms with E-state index in [-0.39, 0.29) is 17.4 Å². The van der Waals surface area contributed by atoms with Gasteiger partial charge in [-0.05, 0) is 31.0 Å². The Hall–Kier alpha value is -3.22. The van der Waals surface area contributed by atoms with Crippen LogP contribution in [0.2, 0.25) is 0 Å². The summed E-state index contributed by atoms with van der Waals surface area (Å²) < 4.78 is 21.1. The normalized spacial score (nSPS) is 12.4. The summed E-state index contributed by atoms with van der Waals surface area (Å²) in [7, 11) is 4.39. The summed E-state index contributed by atoms with van der Waals surface area (Å²) in [6.45, 7) is 4.07. The molecule has 0 spiro atoms. The van der Waals surface area contributed by atoms with Gasteiger partial charge >= 0.3 is 5.97 Å². The molecule has 0 heterocycles. The number of esters is 1. The molecular formula is C23H29NO6. The van der Waals surface area contributed by atoms with Gasteiger partial charge in [-0.25, -0.2) is 4.79 Å². The first-order chi connectivity index (χ1) is 14.4. The third-order valence-corrected chi connectivity index (χ3v) is 4.84. The van der Waals surface area contributed by atoms with Crippen molar-refractivity contribution in [3.8, 4) is 17.2 Å². The van der Waals surface area contributed by atoms with Crippen molar-refractivity contribution in [3.63, 3.8) is 0 Å². The highest BCUT2D eigenvalue weighted by Crippen LogP contribution is 2.38. The van der Waals surface area contributed by atoms with E-state index >= 15 is 0 Å². The van der Waals surface area contributed by atoms with Crippen molar-refractivity contribution in [3.05, 3.63) is 53.6 Å². The van der Waals surface area contributed by atoms with Crippen LogP contribution in [0.3, 0.4) is 0 Å². The Morgan fingerprint density at radius 1 is 0.967 bits per heavy atom. The second kappa shape index (κ2) is 11.1. The molecule has 0 saturated heterocycles. The van der Waals surface area contributed by atoms with Crippen molar-refractivity contribution in [1.29, 1.82) is 0 Å². The number of nitrogens with one attached hydrogen (secondary N) is 1. The first-order valence-electron chi connectivity index (χ1n) is 9.78. The third-order valence-electron chi connectivity index (χ3n) is 4.84. The molecule has 7 heteroatoms. The second-order valence-corrected chi connectivity index (χ2v) is 6.72. The summed E-state index contributed by atoms with van der Waals surface area (Å²) in [4.78, 5) is 25.0. The van der Waals surface area contributed by atoms with Crippen molar-refractivity contribution in [1.82, 2.24) is 5.32 Å². The van der Waals surface area contributed by atoms with Gasteiger partial charge in [-0.2, -0.15) is 0 Å². The highest BCUT2D eigenvalue weighted by atomic mass is 16.5. The number of hydrogen-bond acceptors (Lipinski definition) is 6. The van der Waals surface area contributed by atoms with Gasteiger partial charge in [0.2, 0.25) is 5.75 Å². The Balaban J connectivity index is 2.02. The van der Waals surface area contributed by atoms with E-state index in [1.807, 2.05) is 30.3 Å². The lowest BCUT2D eigenvalue weighted by Crippen LogP contribution is -2.38. The number of ether oxygens (including phenoxy) is 4. The maximum Gasteiger partial charge on any atom is 0.339 e. The molecule has 0 aliphatic rings. The number of carbonyl (C=O) groups is 2. The maximum absolute atomic E-state index is 12.6. The van der Waals surface area contributed by atoms with Gasteiger partial charge in [0, 0.05) is 12.5 Å². The molecule has 2 aromatic carbocycles. The second-order valence-electron chi connectivity index (χ2n) is 6.72. The SMILES string of the molecule is CC[C@@H](CNC(=O)[C@H](C)OC(=O)c1cc(OC)c(OC)c(OC)c1)c1ccccc1. The first-order valence-corrected chi connectivity index (χ1v) is 9.78. The minimum absolute atomic E-state index is 0.188. The first kappa shape index (κ1) is 23.1. The molecule has 0 bridgehead atoms. The van der Waals surface area contributed by atoms with Crippen LogP contribution < -0.4 is 19.5 Å². The molecule has 0 aromatic heterocycles. The quantitative estimate of drug-likeness (QED) is 0.598. The van der Waals surface area contributed by atoms with E-state index < -0.39 is 12.1 Å². The number of methoxy groups -OCH3 is 3. The van der Waals surface area contributed by atoms with Gasteiger partial charge in [-0.1, -0.05) is 37.3 Å². The molecule has 2 rings (SSSR count). The van der Waals surface area contributed by atoms with Crippen molar-refractivity contribution in [2.45, 2.75) is 32.3 Å². The fourth-order valence-corrected chi connectivity index (χ4v) is 3.07. The molecule has 0 fully saturated rings. The van der Waals surface area contributed by atoms with Gasteiger partial charge in [-0.15, -0.1) is 0 Å². The van der Waals surface area contributed by atoms with Gasteiger partial charge in [-0.3, -0.25) is 4.79 Å². The number of carbonyl (C=O) groups excluding carboxylic acids is 2. The van der Waals surface area contributed by atoms with E-state index in [9.17, 15) is 9.59 Å². The fraction of sp³-hybridized carbons (Fsp3) is 0.391. The van der Waals surface area contributed by atoms with Crippen LogP contribution >= 0.6 is 0 Å². The summed E-state index contributed by atoms with van der Waals surface area (Å²) in [5, 5.41) is 2.87. The van der Waals surface area contributed by atoms with Crippen molar-refractivity contribution < 1.29 is 28.5 Å². The van der Waals surface area contributed by atoms with Crippen molar-refractivity contribution >= 4 is 11.9 Å². The van der Waals surface area contributed by atoms with E-state index in [1.165, 1.54) is 40.4 Å². The zero-order valence-corrected chi connectivity index (χ0v) is 18.1. The molecule has 2 atom stereocenters. The molecule has 1 amide bonds. The summed E-state index contributed by atoms with van der Waals surface area (Å²) in [6.07, 6.45) is -0.0750. The van der Waals surface area contributed by atoms with Crippen LogP contribution in [0.15, 0.2) is 42.5 Å². The smallest absolute Gasteiger partial charge is 0.339 e. The van der Waals surface area contributed by atoms with E-state index in [2.05, 4.69) is 12.2 Å². The Morgan fingerprint density at radius 3 is 2.07 bits per heavy atom. The molecule has 7 nitrogen and oxygen atoms in total. The molecule has 0 radical (unpaired) electrons. The average molecular weight is 415 g/mol. The molecule has 30 heavy (non-hydrogen) atoms. The lowest BCUT2D eigenvalue weighted by Gasteiger charge is -2.19. The lowest BCUT2D eigenvalue weighted by atomic mass is 9.96. The number of rotatable bonds is 10. The Kier molecular flexibility index (Phi) is 8.53. The summed E-state index contributed by atoms with van der Waals surface area (Å²) >= 11 is 0. The zero-order valence-electron chi connectivity index (χ0n) is 18.1. The predicted molar refractivity (Wildman–Crippen MR) is 113 cm³/mol. The predicted octanol–water partition coefficient (Wildman–Crippen LogP) is 3.57. The lowest BCUT2D eigenvalue weighted by molar-refractivity contribution is -0.129. The standard InChI is InChI=1S/C23H29NO6/c1-6-16(17-10-8-7-9-11-17)14-24-22(25)15(2)30-23(26)18-12-19(27-3)21(29-5)20(13-18)28-4/h7-13,15-16H,6,14H2,1-5H3,(H,24,25)/t15-,16-/m0/s1. The highest BCUT2D eigenvalue weighted by Gasteiger charge is 2.23. The number of hydrogen-bond donors (Lipinski definition) is 1. The van der Waals surface area contributed by atoms with E-state index in [0.29, 0.717) is 23.8 Å². The zero-order chi connectivity index (χ0) is 22.1. The van der Waals surface area contributed by atoms with Gasteiger partial charge in [0.05, 0.1) is 26.9 Å². The Bertz CT molecular complexity index is 827. The largest absolute Gasteiger partial charge is 0.493 e. The molecular weight excluding hydrogens is 386 g/mol. The van der Waals surface area contributed by atoms with Crippen LogP contribution in [0.5, 0.6) is 17.2 Å². The minimum Gasteiger partial charge on any atom is -0.493 e.